The number of benzene rings is 2. The molecule has 0 amide bonds. The summed E-state index contributed by atoms with van der Waals surface area (Å²) in [5, 5.41) is 14.8. The zero-order valence-corrected chi connectivity index (χ0v) is 22.1. The molecule has 1 aliphatic rings. The van der Waals surface area contributed by atoms with Gasteiger partial charge in [-0.25, -0.2) is 0 Å². The molecular formula is C31H36N6. The Kier molecular flexibility index (Phi) is 7.55. The fraction of sp³-hybridized carbons (Fsp3) is 0.355. The number of H-pyrrole nitrogens is 1. The monoisotopic (exact) mass is 492 g/mol. The van der Waals surface area contributed by atoms with E-state index in [1.807, 2.05) is 6.20 Å². The maximum absolute atomic E-state index is 9.94. The van der Waals surface area contributed by atoms with Gasteiger partial charge >= 0.3 is 0 Å². The second-order valence-electron chi connectivity index (χ2n) is 10.1. The van der Waals surface area contributed by atoms with Crippen LogP contribution in [0.15, 0.2) is 54.9 Å². The van der Waals surface area contributed by atoms with Crippen LogP contribution in [0.2, 0.25) is 0 Å². The summed E-state index contributed by atoms with van der Waals surface area (Å²) in [6.07, 6.45) is 6.25. The van der Waals surface area contributed by atoms with Crippen LogP contribution in [0.5, 0.6) is 0 Å². The lowest BCUT2D eigenvalue weighted by Gasteiger charge is -2.32. The molecule has 3 heterocycles. The number of rotatable bonds is 8. The van der Waals surface area contributed by atoms with Gasteiger partial charge in [-0.1, -0.05) is 31.2 Å². The summed E-state index contributed by atoms with van der Waals surface area (Å²) in [7, 11) is 2.20. The fourth-order valence-electron chi connectivity index (χ4n) is 5.36. The fourth-order valence-corrected chi connectivity index (χ4v) is 5.36. The average molecular weight is 493 g/mol. The lowest BCUT2D eigenvalue weighted by molar-refractivity contribution is 0.148. The average Bonchev–Trinajstić information content (AvgIpc) is 3.40. The molecule has 0 unspecified atom stereocenters. The molecule has 4 aromatic rings. The van der Waals surface area contributed by atoms with Crippen LogP contribution >= 0.6 is 0 Å². The van der Waals surface area contributed by atoms with E-state index in [0.717, 1.165) is 80.1 Å². The van der Waals surface area contributed by atoms with Crippen molar-refractivity contribution in [1.82, 2.24) is 19.8 Å². The molecule has 0 spiro atoms. The van der Waals surface area contributed by atoms with Crippen molar-refractivity contribution < 1.29 is 0 Å². The quantitative estimate of drug-likeness (QED) is 0.336. The molecular weight excluding hydrogens is 456 g/mol. The first kappa shape index (κ1) is 25.0. The predicted molar refractivity (Wildman–Crippen MR) is 151 cm³/mol. The Labute approximate surface area is 219 Å². The maximum Gasteiger partial charge on any atom is 0.103 e. The summed E-state index contributed by atoms with van der Waals surface area (Å²) in [4.78, 5) is 12.9. The number of nitrogens with one attached hydrogen (secondary N) is 2. The van der Waals surface area contributed by atoms with Crippen LogP contribution in [0.3, 0.4) is 0 Å². The van der Waals surface area contributed by atoms with E-state index in [1.54, 1.807) is 6.20 Å². The molecule has 1 aliphatic heterocycles. The second-order valence-corrected chi connectivity index (χ2v) is 10.1. The number of aromatic nitrogens is 2. The normalized spacial score (nSPS) is 14.6. The third kappa shape index (κ3) is 5.53. The summed E-state index contributed by atoms with van der Waals surface area (Å²) in [5.74, 6) is 0. The number of nitrogens with zero attached hydrogens (tertiary/aromatic N) is 4. The van der Waals surface area contributed by atoms with E-state index in [-0.39, 0.29) is 0 Å². The Bertz CT molecular complexity index is 1420. The number of likely N-dealkylation sites (N-methyl/N-ethyl adjacent to an activating group) is 1. The first-order valence-electron chi connectivity index (χ1n) is 13.3. The summed E-state index contributed by atoms with van der Waals surface area (Å²) < 4.78 is 0. The van der Waals surface area contributed by atoms with Crippen molar-refractivity contribution >= 4 is 22.3 Å². The zero-order chi connectivity index (χ0) is 25.8. The number of nitriles is 1. The summed E-state index contributed by atoms with van der Waals surface area (Å²) >= 11 is 0. The Morgan fingerprint density at radius 1 is 1.05 bits per heavy atom. The lowest BCUT2D eigenvalue weighted by atomic mass is 9.97. The molecule has 0 bridgehead atoms. The van der Waals surface area contributed by atoms with Crippen LogP contribution in [0.4, 0.5) is 11.4 Å². The van der Waals surface area contributed by atoms with E-state index < -0.39 is 0 Å². The minimum absolute atomic E-state index is 0.588. The Morgan fingerprint density at radius 3 is 2.65 bits per heavy atom. The van der Waals surface area contributed by atoms with Crippen LogP contribution in [0.25, 0.3) is 10.9 Å². The van der Waals surface area contributed by atoms with E-state index in [2.05, 4.69) is 94.5 Å². The predicted octanol–water partition coefficient (Wildman–Crippen LogP) is 5.58. The molecule has 1 saturated heterocycles. The second kappa shape index (κ2) is 11.2. The zero-order valence-electron chi connectivity index (χ0n) is 22.1. The third-order valence-electron chi connectivity index (χ3n) is 7.64. The van der Waals surface area contributed by atoms with Crippen molar-refractivity contribution in [2.75, 3.05) is 38.5 Å². The molecule has 37 heavy (non-hydrogen) atoms. The van der Waals surface area contributed by atoms with Crippen LogP contribution < -0.4 is 5.32 Å². The molecule has 2 N–H and O–H groups in total. The van der Waals surface area contributed by atoms with Gasteiger partial charge in [0.25, 0.3) is 0 Å². The van der Waals surface area contributed by atoms with Crippen molar-refractivity contribution in [3.63, 3.8) is 0 Å². The van der Waals surface area contributed by atoms with Gasteiger partial charge in [0.15, 0.2) is 0 Å². The van der Waals surface area contributed by atoms with Crippen molar-refractivity contribution in [3.8, 4) is 6.07 Å². The maximum atomic E-state index is 9.94. The third-order valence-corrected chi connectivity index (χ3v) is 7.64. The van der Waals surface area contributed by atoms with Crippen molar-refractivity contribution in [1.29, 1.82) is 5.26 Å². The van der Waals surface area contributed by atoms with E-state index in [1.165, 1.54) is 22.1 Å². The van der Waals surface area contributed by atoms with Crippen LogP contribution in [-0.2, 0) is 25.8 Å². The minimum atomic E-state index is 0.588. The number of hydrogen-bond acceptors (Lipinski definition) is 5. The molecule has 6 heteroatoms. The molecule has 0 atom stereocenters. The Hall–Kier alpha value is -3.66. The van der Waals surface area contributed by atoms with Gasteiger partial charge in [-0.15, -0.1) is 0 Å². The summed E-state index contributed by atoms with van der Waals surface area (Å²) in [5.41, 5.74) is 9.67. The van der Waals surface area contributed by atoms with E-state index in [4.69, 9.17) is 0 Å². The topological polar surface area (TPSA) is 71.0 Å². The SMILES string of the molecule is CCc1ncc(C#N)c(Nc2ccc3[nH]ccc3c2C)c1CCc1cccc(CN2CCN(C)CC2)c1. The highest BCUT2D eigenvalue weighted by atomic mass is 15.2. The standard InChI is InChI=1S/C31H36N6/c1-4-28-27(9-8-23-6-5-7-24(18-23)21-37-16-14-36(3)15-17-37)31(25(19-32)20-34-28)35-29-10-11-30-26(22(29)2)12-13-33-30/h5-7,10-13,18,20,33H,4,8-9,14-17,21H2,1-3H3,(H,34,35). The highest BCUT2D eigenvalue weighted by Crippen LogP contribution is 2.32. The lowest BCUT2D eigenvalue weighted by Crippen LogP contribution is -2.43. The number of aryl methyl sites for hydroxylation is 3. The number of piperazine rings is 1. The van der Waals surface area contributed by atoms with Crippen molar-refractivity contribution in [2.24, 2.45) is 0 Å². The van der Waals surface area contributed by atoms with Crippen molar-refractivity contribution in [2.45, 2.75) is 39.7 Å². The first-order chi connectivity index (χ1) is 18.1. The molecule has 2 aromatic heterocycles. The Balaban J connectivity index is 1.39. The number of pyridine rings is 1. The molecule has 6 nitrogen and oxygen atoms in total. The molecule has 5 rings (SSSR count). The molecule has 2 aromatic carbocycles. The van der Waals surface area contributed by atoms with Gasteiger partial charge in [0.2, 0.25) is 0 Å². The minimum Gasteiger partial charge on any atom is -0.361 e. The highest BCUT2D eigenvalue weighted by molar-refractivity contribution is 5.89. The van der Waals surface area contributed by atoms with Crippen LogP contribution in [0.1, 0.15) is 40.4 Å². The molecule has 0 aliphatic carbocycles. The van der Waals surface area contributed by atoms with Gasteiger partial charge in [-0.05, 0) is 73.7 Å². The van der Waals surface area contributed by atoms with Gasteiger partial charge in [-0.3, -0.25) is 9.88 Å². The van der Waals surface area contributed by atoms with Gasteiger partial charge in [0, 0.05) is 67.4 Å². The molecule has 190 valence electrons. The van der Waals surface area contributed by atoms with Gasteiger partial charge < -0.3 is 15.2 Å². The van der Waals surface area contributed by atoms with Gasteiger partial charge in [-0.2, -0.15) is 5.26 Å². The van der Waals surface area contributed by atoms with Gasteiger partial charge in [0.05, 0.1) is 11.3 Å². The first-order valence-corrected chi connectivity index (χ1v) is 13.3. The van der Waals surface area contributed by atoms with E-state index in [9.17, 15) is 5.26 Å². The van der Waals surface area contributed by atoms with Gasteiger partial charge in [0.1, 0.15) is 6.07 Å². The van der Waals surface area contributed by atoms with Crippen LogP contribution in [0, 0.1) is 18.3 Å². The molecule has 0 saturated carbocycles. The van der Waals surface area contributed by atoms with E-state index >= 15 is 0 Å². The summed E-state index contributed by atoms with van der Waals surface area (Å²) in [6.45, 7) is 9.77. The number of aromatic amines is 1. The largest absolute Gasteiger partial charge is 0.361 e. The highest BCUT2D eigenvalue weighted by Gasteiger charge is 2.17. The van der Waals surface area contributed by atoms with E-state index in [0.29, 0.717) is 5.56 Å². The number of hydrogen-bond donors (Lipinski definition) is 2. The summed E-state index contributed by atoms with van der Waals surface area (Å²) in [6, 6.07) is 17.6. The van der Waals surface area contributed by atoms with Crippen molar-refractivity contribution in [3.05, 3.63) is 88.4 Å². The number of fused-ring (bicyclic) bond motifs is 1. The smallest absolute Gasteiger partial charge is 0.103 e. The Morgan fingerprint density at radius 2 is 1.86 bits per heavy atom. The molecule has 1 fully saturated rings. The number of anilines is 2. The van der Waals surface area contributed by atoms with Crippen LogP contribution in [-0.4, -0.2) is 53.0 Å². The molecule has 0 radical (unpaired) electrons.